The molecule has 2 unspecified atom stereocenters. The van der Waals surface area contributed by atoms with E-state index >= 15 is 0 Å². The van der Waals surface area contributed by atoms with Gasteiger partial charge in [-0.1, -0.05) is 24.6 Å². The summed E-state index contributed by atoms with van der Waals surface area (Å²) in [6, 6.07) is 9.39. The summed E-state index contributed by atoms with van der Waals surface area (Å²) in [6.07, 6.45) is 4.31. The van der Waals surface area contributed by atoms with Crippen LogP contribution < -0.4 is 5.32 Å². The van der Waals surface area contributed by atoms with Crippen molar-refractivity contribution in [3.63, 3.8) is 0 Å². The lowest BCUT2D eigenvalue weighted by molar-refractivity contribution is -0.111. The van der Waals surface area contributed by atoms with Crippen molar-refractivity contribution in [3.05, 3.63) is 58.5 Å². The molecule has 0 bridgehead atoms. The van der Waals surface area contributed by atoms with Crippen LogP contribution in [0.1, 0.15) is 36.3 Å². The molecule has 1 N–H and O–H groups in total. The topological polar surface area (TPSA) is 42.2 Å². The lowest BCUT2D eigenvalue weighted by Crippen LogP contribution is -2.08. The van der Waals surface area contributed by atoms with E-state index in [0.29, 0.717) is 28.3 Å². The number of amides is 1. The van der Waals surface area contributed by atoms with Crippen LogP contribution in [0.5, 0.6) is 0 Å². The van der Waals surface area contributed by atoms with Gasteiger partial charge in [-0.2, -0.15) is 0 Å². The van der Waals surface area contributed by atoms with E-state index in [9.17, 15) is 4.79 Å². The summed E-state index contributed by atoms with van der Waals surface area (Å²) < 4.78 is 5.73. The third-order valence-corrected chi connectivity index (χ3v) is 4.22. The van der Waals surface area contributed by atoms with Crippen molar-refractivity contribution in [2.45, 2.75) is 26.2 Å². The Bertz CT molecular complexity index is 732. The van der Waals surface area contributed by atoms with Crippen molar-refractivity contribution in [1.29, 1.82) is 0 Å². The van der Waals surface area contributed by atoms with Crippen molar-refractivity contribution >= 4 is 29.3 Å². The standard InChI is InChI=1S/C18H18ClNO2/c1-11-3-6-16(15(19)9-11)20-18(21)8-5-13-4-7-17(22-13)14-10-12(14)2/h3-9,12,14H,10H2,1-2H3,(H,20,21)/b8-5+. The molecule has 0 spiro atoms. The Labute approximate surface area is 135 Å². The highest BCUT2D eigenvalue weighted by Crippen LogP contribution is 2.47. The summed E-state index contributed by atoms with van der Waals surface area (Å²) in [5.41, 5.74) is 1.66. The van der Waals surface area contributed by atoms with Gasteiger partial charge in [0, 0.05) is 12.0 Å². The van der Waals surface area contributed by atoms with Gasteiger partial charge in [-0.05, 0) is 55.2 Å². The molecule has 1 fully saturated rings. The minimum Gasteiger partial charge on any atom is -0.461 e. The number of furan rings is 1. The Morgan fingerprint density at radius 2 is 2.14 bits per heavy atom. The number of aryl methyl sites for hydroxylation is 1. The zero-order valence-electron chi connectivity index (χ0n) is 12.6. The van der Waals surface area contributed by atoms with E-state index in [1.165, 1.54) is 12.5 Å². The van der Waals surface area contributed by atoms with Crippen LogP contribution in [0.4, 0.5) is 5.69 Å². The number of nitrogens with one attached hydrogen (secondary N) is 1. The summed E-state index contributed by atoms with van der Waals surface area (Å²) in [5, 5.41) is 3.29. The fourth-order valence-electron chi connectivity index (χ4n) is 2.43. The predicted octanol–water partition coefficient (Wildman–Crippen LogP) is 5.02. The van der Waals surface area contributed by atoms with E-state index in [1.54, 1.807) is 12.1 Å². The smallest absolute Gasteiger partial charge is 0.248 e. The highest BCUT2D eigenvalue weighted by atomic mass is 35.5. The molecule has 1 heterocycles. The molecule has 3 nitrogen and oxygen atoms in total. The molecule has 1 saturated carbocycles. The van der Waals surface area contributed by atoms with Gasteiger partial charge in [0.15, 0.2) is 0 Å². The van der Waals surface area contributed by atoms with Crippen molar-refractivity contribution in [2.75, 3.05) is 5.32 Å². The predicted molar refractivity (Wildman–Crippen MR) is 89.1 cm³/mol. The normalized spacial score (nSPS) is 20.3. The average molecular weight is 316 g/mol. The van der Waals surface area contributed by atoms with Crippen LogP contribution in [0.15, 0.2) is 40.8 Å². The van der Waals surface area contributed by atoms with Crippen LogP contribution >= 0.6 is 11.6 Å². The molecule has 3 rings (SSSR count). The van der Waals surface area contributed by atoms with E-state index < -0.39 is 0 Å². The summed E-state index contributed by atoms with van der Waals surface area (Å²) in [5.74, 6) is 2.72. The second-order valence-electron chi connectivity index (χ2n) is 5.87. The molecule has 0 saturated heterocycles. The molecule has 4 heteroatoms. The van der Waals surface area contributed by atoms with E-state index in [-0.39, 0.29) is 5.91 Å². The first-order valence-electron chi connectivity index (χ1n) is 7.38. The van der Waals surface area contributed by atoms with Gasteiger partial charge in [-0.25, -0.2) is 0 Å². The van der Waals surface area contributed by atoms with Crippen molar-refractivity contribution in [1.82, 2.24) is 0 Å². The largest absolute Gasteiger partial charge is 0.461 e. The fourth-order valence-corrected chi connectivity index (χ4v) is 2.71. The number of hydrogen-bond donors (Lipinski definition) is 1. The SMILES string of the molecule is Cc1ccc(NC(=O)/C=C/c2ccc(C3CC3C)o2)c(Cl)c1. The van der Waals surface area contributed by atoms with Crippen LogP contribution in [0.25, 0.3) is 6.08 Å². The molecule has 114 valence electrons. The minimum absolute atomic E-state index is 0.233. The lowest BCUT2D eigenvalue weighted by atomic mass is 10.2. The Morgan fingerprint density at radius 1 is 1.36 bits per heavy atom. The van der Waals surface area contributed by atoms with Gasteiger partial charge in [-0.3, -0.25) is 4.79 Å². The molecule has 1 aliphatic carbocycles. The number of anilines is 1. The highest BCUT2D eigenvalue weighted by Gasteiger charge is 2.36. The van der Waals surface area contributed by atoms with Gasteiger partial charge in [0.25, 0.3) is 0 Å². The van der Waals surface area contributed by atoms with Crippen molar-refractivity contribution in [2.24, 2.45) is 5.92 Å². The minimum atomic E-state index is -0.233. The second kappa shape index (κ2) is 6.01. The molecule has 1 aromatic carbocycles. The van der Waals surface area contributed by atoms with Gasteiger partial charge < -0.3 is 9.73 Å². The molecule has 1 aromatic heterocycles. The van der Waals surface area contributed by atoms with Crippen LogP contribution in [0.2, 0.25) is 5.02 Å². The van der Waals surface area contributed by atoms with E-state index in [0.717, 1.165) is 11.3 Å². The Morgan fingerprint density at radius 3 is 2.82 bits per heavy atom. The van der Waals surface area contributed by atoms with Gasteiger partial charge in [0.1, 0.15) is 11.5 Å². The van der Waals surface area contributed by atoms with Crippen molar-refractivity contribution < 1.29 is 9.21 Å². The molecule has 1 amide bonds. The van der Waals surface area contributed by atoms with E-state index in [2.05, 4.69) is 12.2 Å². The summed E-state index contributed by atoms with van der Waals surface area (Å²) in [7, 11) is 0. The molecule has 2 aromatic rings. The maximum absolute atomic E-state index is 11.9. The number of benzene rings is 1. The Balaban J connectivity index is 1.62. The number of hydrogen-bond acceptors (Lipinski definition) is 2. The maximum Gasteiger partial charge on any atom is 0.248 e. The summed E-state index contributed by atoms with van der Waals surface area (Å²) in [6.45, 7) is 4.16. The van der Waals surface area contributed by atoms with Crippen LogP contribution in [0.3, 0.4) is 0 Å². The molecule has 2 atom stereocenters. The fraction of sp³-hybridized carbons (Fsp3) is 0.278. The molecule has 1 aliphatic rings. The number of carbonyl (C=O) groups excluding carboxylic acids is 1. The molecular formula is C18H18ClNO2. The molecule has 0 radical (unpaired) electrons. The summed E-state index contributed by atoms with van der Waals surface area (Å²) in [4.78, 5) is 11.9. The third kappa shape index (κ3) is 3.42. The number of carbonyl (C=O) groups is 1. The number of rotatable bonds is 4. The van der Waals surface area contributed by atoms with Crippen LogP contribution in [-0.2, 0) is 4.79 Å². The quantitative estimate of drug-likeness (QED) is 0.805. The van der Waals surface area contributed by atoms with E-state index in [1.807, 2.05) is 31.2 Å². The zero-order chi connectivity index (χ0) is 15.7. The van der Waals surface area contributed by atoms with Crippen molar-refractivity contribution in [3.8, 4) is 0 Å². The van der Waals surface area contributed by atoms with Gasteiger partial charge in [0.2, 0.25) is 5.91 Å². The van der Waals surface area contributed by atoms with E-state index in [4.69, 9.17) is 16.0 Å². The first kappa shape index (κ1) is 14.9. The zero-order valence-corrected chi connectivity index (χ0v) is 13.4. The van der Waals surface area contributed by atoms with Crippen LogP contribution in [0, 0.1) is 12.8 Å². The van der Waals surface area contributed by atoms with Gasteiger partial charge >= 0.3 is 0 Å². The Kier molecular flexibility index (Phi) is 4.08. The van der Waals surface area contributed by atoms with Gasteiger partial charge in [-0.15, -0.1) is 0 Å². The Hall–Kier alpha value is -2.00. The highest BCUT2D eigenvalue weighted by molar-refractivity contribution is 6.33. The molecule has 22 heavy (non-hydrogen) atoms. The van der Waals surface area contributed by atoms with Crippen LogP contribution in [-0.4, -0.2) is 5.91 Å². The second-order valence-corrected chi connectivity index (χ2v) is 6.27. The first-order valence-corrected chi connectivity index (χ1v) is 7.75. The number of halogens is 1. The lowest BCUT2D eigenvalue weighted by Gasteiger charge is -2.05. The molecular weight excluding hydrogens is 298 g/mol. The first-order chi connectivity index (χ1) is 10.5. The average Bonchev–Trinajstić information content (AvgIpc) is 3.01. The maximum atomic E-state index is 11.9. The molecule has 0 aliphatic heterocycles. The monoisotopic (exact) mass is 315 g/mol. The third-order valence-electron chi connectivity index (χ3n) is 3.90. The summed E-state index contributed by atoms with van der Waals surface area (Å²) >= 11 is 6.09. The van der Waals surface area contributed by atoms with Gasteiger partial charge in [0.05, 0.1) is 10.7 Å².